The SMILES string of the molecule is C=C(Cn1nccn1)[C@H]1CC[C@H]2[C@@H]3CC[C@H]4C[C@](O)(COC)CC[C@@H]4[C@H]3CC[C@]12C. The number of nitrogens with zero attached hydrogens (tertiary/aromatic N) is 3. The molecule has 0 amide bonds. The van der Waals surface area contributed by atoms with Gasteiger partial charge in [-0.3, -0.25) is 0 Å². The molecule has 4 aliphatic rings. The van der Waals surface area contributed by atoms with E-state index in [2.05, 4.69) is 23.7 Å². The molecule has 1 N–H and O–H groups in total. The minimum Gasteiger partial charge on any atom is -0.387 e. The van der Waals surface area contributed by atoms with Crippen molar-refractivity contribution in [1.29, 1.82) is 0 Å². The Morgan fingerprint density at radius 2 is 1.83 bits per heavy atom. The first-order chi connectivity index (χ1) is 14.4. The van der Waals surface area contributed by atoms with Gasteiger partial charge < -0.3 is 9.84 Å². The Morgan fingerprint density at radius 1 is 1.07 bits per heavy atom. The molecule has 5 heteroatoms. The van der Waals surface area contributed by atoms with Crippen LogP contribution < -0.4 is 0 Å². The molecule has 0 spiro atoms. The summed E-state index contributed by atoms with van der Waals surface area (Å²) < 4.78 is 5.34. The van der Waals surface area contributed by atoms with Crippen LogP contribution in [-0.4, -0.2) is 39.4 Å². The fraction of sp³-hybridized carbons (Fsp3) is 0.840. The maximum Gasteiger partial charge on any atom is 0.0882 e. The van der Waals surface area contributed by atoms with Gasteiger partial charge >= 0.3 is 0 Å². The Labute approximate surface area is 181 Å². The van der Waals surface area contributed by atoms with E-state index >= 15 is 0 Å². The Bertz CT molecular complexity index is 764. The van der Waals surface area contributed by atoms with E-state index in [4.69, 9.17) is 4.74 Å². The molecular weight excluding hydrogens is 374 g/mol. The molecule has 5 nitrogen and oxygen atoms in total. The average molecular weight is 414 g/mol. The highest BCUT2D eigenvalue weighted by Gasteiger charge is 2.58. The topological polar surface area (TPSA) is 60.2 Å². The van der Waals surface area contributed by atoms with Gasteiger partial charge in [0.1, 0.15) is 0 Å². The molecule has 166 valence electrons. The van der Waals surface area contributed by atoms with Crippen LogP contribution in [0.4, 0.5) is 0 Å². The lowest BCUT2D eigenvalue weighted by Gasteiger charge is -2.57. The van der Waals surface area contributed by atoms with Crippen LogP contribution in [0.1, 0.15) is 64.7 Å². The van der Waals surface area contributed by atoms with E-state index in [0.717, 1.165) is 43.1 Å². The molecule has 8 atom stereocenters. The third kappa shape index (κ3) is 3.37. The van der Waals surface area contributed by atoms with Crippen molar-refractivity contribution in [3.63, 3.8) is 0 Å². The summed E-state index contributed by atoms with van der Waals surface area (Å²) in [7, 11) is 1.72. The van der Waals surface area contributed by atoms with Gasteiger partial charge in [0.2, 0.25) is 0 Å². The minimum absolute atomic E-state index is 0.393. The molecule has 30 heavy (non-hydrogen) atoms. The number of fused-ring (bicyclic) bond motifs is 5. The third-order valence-electron chi connectivity index (χ3n) is 9.82. The largest absolute Gasteiger partial charge is 0.387 e. The highest BCUT2D eigenvalue weighted by molar-refractivity contribution is 5.15. The second-order valence-electron chi connectivity index (χ2n) is 11.2. The molecule has 0 radical (unpaired) electrons. The van der Waals surface area contributed by atoms with Crippen molar-refractivity contribution in [2.75, 3.05) is 13.7 Å². The zero-order chi connectivity index (χ0) is 20.9. The molecule has 0 saturated heterocycles. The van der Waals surface area contributed by atoms with Crippen LogP contribution in [0, 0.1) is 40.9 Å². The average Bonchev–Trinajstić information content (AvgIpc) is 3.34. The van der Waals surface area contributed by atoms with Crippen LogP contribution in [0.15, 0.2) is 24.5 Å². The zero-order valence-corrected chi connectivity index (χ0v) is 18.8. The third-order valence-corrected chi connectivity index (χ3v) is 9.82. The summed E-state index contributed by atoms with van der Waals surface area (Å²) in [5.74, 6) is 4.70. The lowest BCUT2D eigenvalue weighted by atomic mass is 9.48. The smallest absolute Gasteiger partial charge is 0.0882 e. The molecular formula is C25H39N3O2. The van der Waals surface area contributed by atoms with Gasteiger partial charge in [0.05, 0.1) is 31.1 Å². The van der Waals surface area contributed by atoms with E-state index in [0.29, 0.717) is 23.9 Å². The molecule has 0 aromatic carbocycles. The van der Waals surface area contributed by atoms with Gasteiger partial charge in [-0.1, -0.05) is 19.1 Å². The van der Waals surface area contributed by atoms with E-state index in [9.17, 15) is 5.11 Å². The Hall–Kier alpha value is -1.20. The molecule has 1 heterocycles. The lowest BCUT2D eigenvalue weighted by Crippen LogP contribution is -2.52. The Kier molecular flexibility index (Phi) is 5.34. The highest BCUT2D eigenvalue weighted by Crippen LogP contribution is 2.65. The van der Waals surface area contributed by atoms with E-state index in [1.807, 2.05) is 0 Å². The van der Waals surface area contributed by atoms with Crippen molar-refractivity contribution in [2.24, 2.45) is 40.9 Å². The van der Waals surface area contributed by atoms with E-state index in [1.54, 1.807) is 24.3 Å². The van der Waals surface area contributed by atoms with Crippen LogP contribution in [-0.2, 0) is 11.3 Å². The molecule has 0 aliphatic heterocycles. The monoisotopic (exact) mass is 413 g/mol. The maximum absolute atomic E-state index is 11.0. The predicted molar refractivity (Wildman–Crippen MR) is 117 cm³/mol. The number of aromatic nitrogens is 3. The molecule has 5 rings (SSSR count). The fourth-order valence-electron chi connectivity index (χ4n) is 8.65. The number of hydrogen-bond acceptors (Lipinski definition) is 4. The van der Waals surface area contributed by atoms with Crippen molar-refractivity contribution < 1.29 is 9.84 Å². The van der Waals surface area contributed by atoms with Gasteiger partial charge in [-0.15, -0.1) is 0 Å². The van der Waals surface area contributed by atoms with Crippen LogP contribution >= 0.6 is 0 Å². The summed E-state index contributed by atoms with van der Waals surface area (Å²) >= 11 is 0. The Balaban J connectivity index is 1.29. The molecule has 4 aliphatic carbocycles. The normalized spacial score (nSPS) is 45.4. The quantitative estimate of drug-likeness (QED) is 0.723. The zero-order valence-electron chi connectivity index (χ0n) is 18.8. The van der Waals surface area contributed by atoms with Gasteiger partial charge in [0.25, 0.3) is 0 Å². The molecule has 0 unspecified atom stereocenters. The summed E-state index contributed by atoms with van der Waals surface area (Å²) in [4.78, 5) is 1.79. The molecule has 1 aromatic heterocycles. The molecule has 4 saturated carbocycles. The van der Waals surface area contributed by atoms with Crippen LogP contribution in [0.25, 0.3) is 0 Å². The number of rotatable bonds is 5. The fourth-order valence-corrected chi connectivity index (χ4v) is 8.65. The number of aliphatic hydroxyl groups is 1. The van der Waals surface area contributed by atoms with Crippen molar-refractivity contribution in [3.8, 4) is 0 Å². The first kappa shape index (κ1) is 20.7. The maximum atomic E-state index is 11.0. The molecule has 1 aromatic rings. The van der Waals surface area contributed by atoms with Gasteiger partial charge in [-0.05, 0) is 98.7 Å². The molecule has 0 bridgehead atoms. The summed E-state index contributed by atoms with van der Waals surface area (Å²) in [5, 5.41) is 19.6. The number of allylic oxidation sites excluding steroid dienone is 1. The minimum atomic E-state index is -0.581. The van der Waals surface area contributed by atoms with E-state index in [1.165, 1.54) is 50.5 Å². The highest BCUT2D eigenvalue weighted by atomic mass is 16.5. The predicted octanol–water partition coefficient (Wildman–Crippen LogP) is 4.48. The van der Waals surface area contributed by atoms with Gasteiger partial charge in [-0.25, -0.2) is 0 Å². The summed E-state index contributed by atoms with van der Waals surface area (Å²) in [6, 6.07) is 0. The van der Waals surface area contributed by atoms with Crippen molar-refractivity contribution in [2.45, 2.75) is 76.9 Å². The van der Waals surface area contributed by atoms with Crippen molar-refractivity contribution in [1.82, 2.24) is 15.0 Å². The number of methoxy groups -OCH3 is 1. The molecule has 4 fully saturated rings. The van der Waals surface area contributed by atoms with Crippen molar-refractivity contribution >= 4 is 0 Å². The van der Waals surface area contributed by atoms with Crippen LogP contribution in [0.3, 0.4) is 0 Å². The van der Waals surface area contributed by atoms with Gasteiger partial charge in [0, 0.05) is 7.11 Å². The van der Waals surface area contributed by atoms with E-state index in [-0.39, 0.29) is 0 Å². The number of hydrogen-bond donors (Lipinski definition) is 1. The Morgan fingerprint density at radius 3 is 2.60 bits per heavy atom. The van der Waals surface area contributed by atoms with Gasteiger partial charge in [-0.2, -0.15) is 15.0 Å². The lowest BCUT2D eigenvalue weighted by molar-refractivity contribution is -0.123. The van der Waals surface area contributed by atoms with Crippen molar-refractivity contribution in [3.05, 3.63) is 24.5 Å². The summed E-state index contributed by atoms with van der Waals surface area (Å²) in [5.41, 5.74) is 1.14. The standard InChI is InChI=1S/C25H39N3O2/c1-17(15-28-26-12-13-27-28)22-6-7-23-21-5-4-18-14-25(29,16-30-3)11-9-19(18)20(21)8-10-24(22,23)2/h12-13,18-23,29H,1,4-11,14-16H2,2-3H3/t18-,19-,20+,21+,22+,23-,24+,25-/m0/s1. The summed E-state index contributed by atoms with van der Waals surface area (Å²) in [6.07, 6.45) is 14.6. The van der Waals surface area contributed by atoms with Crippen LogP contribution in [0.2, 0.25) is 0 Å². The van der Waals surface area contributed by atoms with Gasteiger partial charge in [0.15, 0.2) is 0 Å². The second kappa shape index (κ2) is 7.74. The first-order valence-electron chi connectivity index (χ1n) is 12.2. The first-order valence-corrected chi connectivity index (χ1v) is 12.2. The second-order valence-corrected chi connectivity index (χ2v) is 11.2. The van der Waals surface area contributed by atoms with E-state index < -0.39 is 5.60 Å². The van der Waals surface area contributed by atoms with Crippen LogP contribution in [0.5, 0.6) is 0 Å². The number of ether oxygens (including phenoxy) is 1. The summed E-state index contributed by atoms with van der Waals surface area (Å²) in [6.45, 7) is 8.34.